The van der Waals surface area contributed by atoms with Crippen LogP contribution in [0.3, 0.4) is 0 Å². The van der Waals surface area contributed by atoms with Crippen LogP contribution in [0.5, 0.6) is 0 Å². The van der Waals surface area contributed by atoms with Crippen LogP contribution in [-0.2, 0) is 14.3 Å². The molecule has 2 saturated carbocycles. The van der Waals surface area contributed by atoms with Crippen molar-refractivity contribution in [3.63, 3.8) is 0 Å². The van der Waals surface area contributed by atoms with Crippen LogP contribution in [0.15, 0.2) is 24.3 Å². The molecule has 6 rings (SSSR count). The van der Waals surface area contributed by atoms with E-state index in [4.69, 9.17) is 21.1 Å². The highest BCUT2D eigenvalue weighted by Gasteiger charge is 2.78. The predicted octanol–water partition coefficient (Wildman–Crippen LogP) is 3.99. The molecule has 3 heterocycles. The van der Waals surface area contributed by atoms with E-state index in [0.29, 0.717) is 5.92 Å². The van der Waals surface area contributed by atoms with Crippen LogP contribution in [0.2, 0.25) is 5.02 Å². The second-order valence-electron chi connectivity index (χ2n) is 10.8. The largest absolute Gasteiger partial charge is 0.462 e. The first kappa shape index (κ1) is 20.3. The Kier molecular flexibility index (Phi) is 4.65. The van der Waals surface area contributed by atoms with Crippen molar-refractivity contribution in [1.29, 1.82) is 0 Å². The molecular formula is C25H33ClN2O3. The lowest BCUT2D eigenvalue weighted by atomic mass is 9.53. The Morgan fingerprint density at radius 2 is 1.90 bits per heavy atom. The molecule has 1 spiro atoms. The first-order valence-electron chi connectivity index (χ1n) is 12.0. The second-order valence-corrected chi connectivity index (χ2v) is 11.2. The fourth-order valence-corrected chi connectivity index (χ4v) is 7.69. The van der Waals surface area contributed by atoms with E-state index in [1.165, 1.54) is 24.9 Å². The van der Waals surface area contributed by atoms with Crippen LogP contribution in [0, 0.1) is 23.2 Å². The second kappa shape index (κ2) is 7.10. The third-order valence-corrected chi connectivity index (χ3v) is 9.46. The topological polar surface area (TPSA) is 45.3 Å². The summed E-state index contributed by atoms with van der Waals surface area (Å²) in [5, 5.41) is 0.771. The van der Waals surface area contributed by atoms with Gasteiger partial charge in [0.15, 0.2) is 0 Å². The van der Waals surface area contributed by atoms with E-state index in [9.17, 15) is 4.79 Å². The van der Waals surface area contributed by atoms with Gasteiger partial charge < -0.3 is 14.4 Å². The maximum atomic E-state index is 13.0. The molecule has 0 N–H and O–H groups in total. The van der Waals surface area contributed by atoms with Gasteiger partial charge in [-0.1, -0.05) is 31.9 Å². The number of piperazine rings is 1. The number of fused-ring (bicyclic) bond motifs is 2. The molecule has 3 aliphatic heterocycles. The smallest absolute Gasteiger partial charge is 0.311 e. The van der Waals surface area contributed by atoms with Gasteiger partial charge in [0.2, 0.25) is 0 Å². The lowest BCUT2D eigenvalue weighted by molar-refractivity contribution is -0.146. The third-order valence-electron chi connectivity index (χ3n) is 9.21. The summed E-state index contributed by atoms with van der Waals surface area (Å²) in [7, 11) is 0. The zero-order valence-electron chi connectivity index (χ0n) is 18.6. The third kappa shape index (κ3) is 2.99. The minimum atomic E-state index is -0.0462. The van der Waals surface area contributed by atoms with E-state index in [-0.39, 0.29) is 41.0 Å². The van der Waals surface area contributed by atoms with E-state index in [0.717, 1.165) is 44.2 Å². The van der Waals surface area contributed by atoms with Gasteiger partial charge >= 0.3 is 5.97 Å². The Morgan fingerprint density at radius 1 is 1.16 bits per heavy atom. The minimum Gasteiger partial charge on any atom is -0.462 e. The Balaban J connectivity index is 1.14. The van der Waals surface area contributed by atoms with E-state index >= 15 is 0 Å². The van der Waals surface area contributed by atoms with Crippen molar-refractivity contribution in [2.45, 2.75) is 57.3 Å². The lowest BCUT2D eigenvalue weighted by Gasteiger charge is -2.49. The summed E-state index contributed by atoms with van der Waals surface area (Å²) in [6, 6.07) is 8.08. The summed E-state index contributed by atoms with van der Waals surface area (Å²) >= 11 is 6.03. The van der Waals surface area contributed by atoms with E-state index in [1.807, 2.05) is 12.1 Å². The molecule has 1 aromatic rings. The Morgan fingerprint density at radius 3 is 2.65 bits per heavy atom. The summed E-state index contributed by atoms with van der Waals surface area (Å²) in [6.45, 7) is 9.42. The monoisotopic (exact) mass is 444 g/mol. The van der Waals surface area contributed by atoms with Gasteiger partial charge in [-0.3, -0.25) is 9.69 Å². The number of anilines is 1. The molecule has 6 heteroatoms. The number of rotatable bonds is 3. The Labute approximate surface area is 190 Å². The maximum absolute atomic E-state index is 13.0. The summed E-state index contributed by atoms with van der Waals surface area (Å²) in [5.41, 5.74) is 1.37. The number of nitrogens with zero attached hydrogens (tertiary/aromatic N) is 2. The molecular weight excluding hydrogens is 412 g/mol. The van der Waals surface area contributed by atoms with E-state index in [2.05, 4.69) is 35.8 Å². The van der Waals surface area contributed by atoms with Crippen molar-refractivity contribution in [2.75, 3.05) is 37.6 Å². The van der Waals surface area contributed by atoms with Crippen molar-refractivity contribution in [2.24, 2.45) is 23.2 Å². The van der Waals surface area contributed by atoms with Crippen LogP contribution in [-0.4, -0.2) is 61.4 Å². The van der Waals surface area contributed by atoms with Crippen molar-refractivity contribution >= 4 is 23.3 Å². The van der Waals surface area contributed by atoms with Crippen LogP contribution in [0.4, 0.5) is 5.69 Å². The normalized spacial score (nSPS) is 44.3. The van der Waals surface area contributed by atoms with Gasteiger partial charge in [0, 0.05) is 54.8 Å². The number of ether oxygens (including phenoxy) is 2. The quantitative estimate of drug-likeness (QED) is 0.521. The highest BCUT2D eigenvalue weighted by molar-refractivity contribution is 6.30. The van der Waals surface area contributed by atoms with E-state index in [1.54, 1.807) is 0 Å². The lowest BCUT2D eigenvalue weighted by Crippen LogP contribution is -2.55. The molecule has 0 aromatic heterocycles. The molecule has 0 bridgehead atoms. The molecule has 0 amide bonds. The molecule has 0 radical (unpaired) electrons. The van der Waals surface area contributed by atoms with Crippen molar-refractivity contribution in [3.8, 4) is 0 Å². The molecule has 5 nitrogen and oxygen atoms in total. The SMILES string of the molecule is C[C@H]1CCC[C@]2(C)C[C@H]3OC(=O)C(CN4CCN(c5ccc(Cl)cc5)CC4)[C@H]3[C@@H]3O[C@@]132. The number of carbonyl (C=O) groups excluding carboxylic acids is 1. The van der Waals surface area contributed by atoms with Crippen molar-refractivity contribution in [3.05, 3.63) is 29.3 Å². The maximum Gasteiger partial charge on any atom is 0.311 e. The molecule has 31 heavy (non-hydrogen) atoms. The molecule has 1 unspecified atom stereocenters. The molecule has 2 aliphatic carbocycles. The van der Waals surface area contributed by atoms with Crippen LogP contribution < -0.4 is 4.90 Å². The summed E-state index contributed by atoms with van der Waals surface area (Å²) in [5.74, 6) is 0.776. The molecule has 1 aromatic carbocycles. The Bertz CT molecular complexity index is 870. The first-order chi connectivity index (χ1) is 14.9. The molecule has 3 saturated heterocycles. The number of halogens is 1. The molecule has 7 atom stereocenters. The summed E-state index contributed by atoms with van der Waals surface area (Å²) in [6.07, 6.45) is 4.94. The number of epoxide rings is 1. The van der Waals surface area contributed by atoms with Gasteiger partial charge in [0.05, 0.1) is 12.0 Å². The standard InChI is InChI=1S/C25H33ClN2O3/c1-16-4-3-9-24(2)14-20-21(22-25(16,24)31-22)19(23(29)30-20)15-27-10-12-28(13-11-27)18-7-5-17(26)6-8-18/h5-8,16,19-22H,3-4,9-15H2,1-2H3/t16-,19?,20+,21+,22-,24+,25-/m0/s1. The van der Waals surface area contributed by atoms with Gasteiger partial charge in [-0.2, -0.15) is 0 Å². The van der Waals surface area contributed by atoms with Gasteiger partial charge in [-0.05, 0) is 49.4 Å². The fourth-order valence-electron chi connectivity index (χ4n) is 7.56. The number of carbonyl (C=O) groups is 1. The van der Waals surface area contributed by atoms with Crippen LogP contribution in [0.25, 0.3) is 0 Å². The van der Waals surface area contributed by atoms with Crippen molar-refractivity contribution in [1.82, 2.24) is 4.90 Å². The van der Waals surface area contributed by atoms with Gasteiger partial charge in [0.1, 0.15) is 11.7 Å². The van der Waals surface area contributed by atoms with Crippen LogP contribution >= 0.6 is 11.6 Å². The molecule has 168 valence electrons. The highest BCUT2D eigenvalue weighted by atomic mass is 35.5. The number of esters is 1. The average molecular weight is 445 g/mol. The predicted molar refractivity (Wildman–Crippen MR) is 120 cm³/mol. The van der Waals surface area contributed by atoms with Gasteiger partial charge in [0.25, 0.3) is 0 Å². The van der Waals surface area contributed by atoms with Crippen molar-refractivity contribution < 1.29 is 14.3 Å². The highest BCUT2D eigenvalue weighted by Crippen LogP contribution is 2.70. The number of benzene rings is 1. The molecule has 5 fully saturated rings. The fraction of sp³-hybridized carbons (Fsp3) is 0.720. The average Bonchev–Trinajstić information content (AvgIpc) is 3.44. The minimum absolute atomic E-state index is 0.00801. The first-order valence-corrected chi connectivity index (χ1v) is 12.4. The van der Waals surface area contributed by atoms with Crippen LogP contribution in [0.1, 0.15) is 39.5 Å². The number of hydrogen-bond acceptors (Lipinski definition) is 5. The Hall–Kier alpha value is -1.30. The van der Waals surface area contributed by atoms with E-state index < -0.39 is 0 Å². The summed E-state index contributed by atoms with van der Waals surface area (Å²) in [4.78, 5) is 17.8. The zero-order valence-corrected chi connectivity index (χ0v) is 19.3. The van der Waals surface area contributed by atoms with Gasteiger partial charge in [-0.25, -0.2) is 0 Å². The number of hydrogen-bond donors (Lipinski definition) is 0. The van der Waals surface area contributed by atoms with Gasteiger partial charge in [-0.15, -0.1) is 0 Å². The zero-order chi connectivity index (χ0) is 21.4. The molecule has 5 aliphatic rings. The summed E-state index contributed by atoms with van der Waals surface area (Å²) < 4.78 is 12.6.